The number of ether oxygens (including phenoxy) is 4. The molecule has 2 unspecified atom stereocenters. The van der Waals surface area contributed by atoms with E-state index >= 15 is 0 Å². The summed E-state index contributed by atoms with van der Waals surface area (Å²) in [6.45, 7) is 4.79. The minimum Gasteiger partial charge on any atom is -0.462 e. The maximum absolute atomic E-state index is 13.0. The summed E-state index contributed by atoms with van der Waals surface area (Å²) < 4.78 is 68.4. The summed E-state index contributed by atoms with van der Waals surface area (Å²) in [5.41, 5.74) is 0. The number of hydrogen-bond acceptors (Lipinski definition) is 15. The smallest absolute Gasteiger partial charge is 0.462 e. The maximum atomic E-state index is 13.0. The number of rotatable bonds is 71. The molecule has 0 aliphatic carbocycles. The quantitative estimate of drug-likeness (QED) is 0.0128. The molecule has 0 fully saturated rings. The predicted molar refractivity (Wildman–Crippen MR) is 381 cm³/mol. The normalized spacial score (nSPS) is 14.3. The number of carbonyl (C=O) groups is 4. The lowest BCUT2D eigenvalue weighted by molar-refractivity contribution is -0.161. The number of phosphoric acid groups is 2. The van der Waals surface area contributed by atoms with Crippen molar-refractivity contribution < 1.29 is 80.2 Å². The fraction of sp³-hybridized carbons (Fsp3) is 0.813. The zero-order chi connectivity index (χ0) is 69.0. The van der Waals surface area contributed by atoms with Crippen LogP contribution in [-0.2, 0) is 65.4 Å². The topological polar surface area (TPSA) is 237 Å². The lowest BCUT2D eigenvalue weighted by atomic mass is 10.1. The highest BCUT2D eigenvalue weighted by atomic mass is 31.2. The Bertz CT molecular complexity index is 2030. The highest BCUT2D eigenvalue weighted by molar-refractivity contribution is 7.47. The van der Waals surface area contributed by atoms with Crippen LogP contribution in [0.15, 0.2) is 60.8 Å². The molecule has 0 saturated heterocycles. The van der Waals surface area contributed by atoms with Gasteiger partial charge in [-0.1, -0.05) is 243 Å². The molecule has 5 atom stereocenters. The van der Waals surface area contributed by atoms with E-state index in [0.717, 1.165) is 154 Å². The average Bonchev–Trinajstić information content (AvgIpc) is 2.26. The molecule has 0 rings (SSSR count). The molecule has 94 heavy (non-hydrogen) atoms. The molecule has 3 N–H and O–H groups in total. The third kappa shape index (κ3) is 67.3. The van der Waals surface area contributed by atoms with Crippen LogP contribution in [0.4, 0.5) is 0 Å². The summed E-state index contributed by atoms with van der Waals surface area (Å²) in [5.74, 6) is -2.20. The van der Waals surface area contributed by atoms with Crippen LogP contribution in [0, 0.1) is 0 Å². The Kier molecular flexibility index (Phi) is 65.9. The van der Waals surface area contributed by atoms with E-state index in [4.69, 9.17) is 37.0 Å². The molecule has 0 aromatic rings. The lowest BCUT2D eigenvalue weighted by Crippen LogP contribution is -2.30. The van der Waals surface area contributed by atoms with Crippen LogP contribution < -0.4 is 0 Å². The Morgan fingerprint density at radius 2 is 0.521 bits per heavy atom. The van der Waals surface area contributed by atoms with Crippen molar-refractivity contribution in [2.45, 2.75) is 354 Å². The molecule has 0 saturated carbocycles. The number of unbranched alkanes of at least 4 members (excludes halogenated alkanes) is 36. The summed E-state index contributed by atoms with van der Waals surface area (Å²) in [4.78, 5) is 72.7. The molecule has 0 radical (unpaired) electrons. The number of aliphatic hydroxyl groups is 1. The van der Waals surface area contributed by atoms with E-state index in [1.807, 2.05) is 0 Å². The summed E-state index contributed by atoms with van der Waals surface area (Å²) in [6, 6.07) is 0. The van der Waals surface area contributed by atoms with Gasteiger partial charge in [-0.3, -0.25) is 37.3 Å². The van der Waals surface area contributed by atoms with Crippen molar-refractivity contribution in [2.75, 3.05) is 39.6 Å². The molecule has 0 aromatic carbocycles. The molecule has 548 valence electrons. The molecule has 19 heteroatoms. The highest BCUT2D eigenvalue weighted by Gasteiger charge is 2.30. The fourth-order valence-corrected chi connectivity index (χ4v) is 11.7. The second kappa shape index (κ2) is 68.3. The Morgan fingerprint density at radius 1 is 0.298 bits per heavy atom. The zero-order valence-corrected chi connectivity index (χ0v) is 61.4. The average molecular weight is 1370 g/mol. The summed E-state index contributed by atoms with van der Waals surface area (Å²) >= 11 is 0. The number of phosphoric ester groups is 2. The molecule has 0 aliphatic rings. The SMILES string of the molecule is CCCCCC/C=C\C=C/CCCCCCCC(=O)O[C@H](COC(=O)CCCCCCC/C=C\CCCCCC)COP(=O)(O)OC[C@H](O)COP(=O)(O)OC[C@@H](COC(=O)CCCCCCC/C=C\CCCCCC)OC(=O)CCCCCCC/C=C\CCCCCC. The molecular weight excluding hydrogens is 1230 g/mol. The van der Waals surface area contributed by atoms with Gasteiger partial charge in [-0.05, 0) is 128 Å². The van der Waals surface area contributed by atoms with Crippen molar-refractivity contribution in [2.24, 2.45) is 0 Å². The van der Waals surface area contributed by atoms with Gasteiger partial charge in [0.15, 0.2) is 12.2 Å². The van der Waals surface area contributed by atoms with Gasteiger partial charge in [0.1, 0.15) is 19.3 Å². The second-order valence-electron chi connectivity index (χ2n) is 25.3. The lowest BCUT2D eigenvalue weighted by Gasteiger charge is -2.21. The minimum absolute atomic E-state index is 0.0790. The van der Waals surface area contributed by atoms with Crippen LogP contribution >= 0.6 is 15.6 Å². The Morgan fingerprint density at radius 3 is 0.798 bits per heavy atom. The van der Waals surface area contributed by atoms with Crippen LogP contribution in [0.5, 0.6) is 0 Å². The molecule has 0 aromatic heterocycles. The number of carbonyl (C=O) groups excluding carboxylic acids is 4. The molecule has 0 bridgehead atoms. The summed E-state index contributed by atoms with van der Waals surface area (Å²) in [6.07, 6.45) is 65.0. The van der Waals surface area contributed by atoms with Gasteiger partial charge >= 0.3 is 39.5 Å². The fourth-order valence-electron chi connectivity index (χ4n) is 10.1. The Balaban J connectivity index is 5.35. The van der Waals surface area contributed by atoms with Gasteiger partial charge < -0.3 is 33.8 Å². The summed E-state index contributed by atoms with van der Waals surface area (Å²) in [7, 11) is -9.94. The monoisotopic (exact) mass is 1370 g/mol. The second-order valence-corrected chi connectivity index (χ2v) is 28.2. The van der Waals surface area contributed by atoms with Gasteiger partial charge in [0, 0.05) is 25.7 Å². The first kappa shape index (κ1) is 90.8. The minimum atomic E-state index is -4.97. The van der Waals surface area contributed by atoms with Gasteiger partial charge in [0.05, 0.1) is 26.4 Å². The molecule has 0 aliphatic heterocycles. The van der Waals surface area contributed by atoms with E-state index in [9.17, 15) is 43.2 Å². The van der Waals surface area contributed by atoms with Crippen molar-refractivity contribution in [1.29, 1.82) is 0 Å². The predicted octanol–water partition coefficient (Wildman–Crippen LogP) is 21.1. The first-order valence-corrected chi connectivity index (χ1v) is 40.5. The van der Waals surface area contributed by atoms with Gasteiger partial charge in [-0.25, -0.2) is 9.13 Å². The standard InChI is InChI=1S/C75H136O17P2/c1-5-9-13-17-21-25-29-33-34-38-42-46-50-54-58-62-75(80)92-71(66-86-73(78)60-56-52-48-44-40-36-31-27-23-19-15-11-7-3)68-90-94(83,84)88-64-69(76)63-87-93(81,82)89-67-70(91-74(79)61-57-53-49-45-41-37-32-28-24-20-16-12-8-4)65-85-72(77)59-55-51-47-43-39-35-30-26-22-18-14-10-6-2/h25-34,69-71,76H,5-24,35-68H2,1-4H3,(H,81,82)(H,83,84)/b29-25-,30-26-,31-27-,32-28-,34-33-/t69-,70-,71-/m1/s1. The number of aliphatic hydroxyl groups excluding tert-OH is 1. The molecular formula is C75H136O17P2. The van der Waals surface area contributed by atoms with Crippen LogP contribution in [0.1, 0.15) is 336 Å². The van der Waals surface area contributed by atoms with Crippen molar-refractivity contribution in [1.82, 2.24) is 0 Å². The summed E-state index contributed by atoms with van der Waals surface area (Å²) in [5, 5.41) is 10.6. The van der Waals surface area contributed by atoms with Crippen LogP contribution in [0.25, 0.3) is 0 Å². The third-order valence-corrected chi connectivity index (χ3v) is 17.9. The van der Waals surface area contributed by atoms with Crippen molar-refractivity contribution in [3.05, 3.63) is 60.8 Å². The Labute approximate surface area is 571 Å². The van der Waals surface area contributed by atoms with E-state index in [1.165, 1.54) is 103 Å². The van der Waals surface area contributed by atoms with E-state index < -0.39 is 97.5 Å². The number of esters is 4. The largest absolute Gasteiger partial charge is 0.472 e. The van der Waals surface area contributed by atoms with E-state index in [2.05, 4.69) is 88.5 Å². The first-order valence-electron chi connectivity index (χ1n) is 37.5. The molecule has 0 heterocycles. The van der Waals surface area contributed by atoms with E-state index in [-0.39, 0.29) is 25.7 Å². The maximum Gasteiger partial charge on any atom is 0.472 e. The number of allylic oxidation sites excluding steroid dienone is 10. The number of hydrogen-bond donors (Lipinski definition) is 3. The van der Waals surface area contributed by atoms with E-state index in [1.54, 1.807) is 0 Å². The van der Waals surface area contributed by atoms with Gasteiger partial charge in [-0.2, -0.15) is 0 Å². The van der Waals surface area contributed by atoms with E-state index in [0.29, 0.717) is 25.7 Å². The molecule has 17 nitrogen and oxygen atoms in total. The molecule has 0 spiro atoms. The highest BCUT2D eigenvalue weighted by Crippen LogP contribution is 2.45. The van der Waals surface area contributed by atoms with Gasteiger partial charge in [0.2, 0.25) is 0 Å². The van der Waals surface area contributed by atoms with Crippen molar-refractivity contribution in [3.8, 4) is 0 Å². The van der Waals surface area contributed by atoms with Crippen LogP contribution in [0.3, 0.4) is 0 Å². The van der Waals surface area contributed by atoms with Crippen molar-refractivity contribution >= 4 is 39.5 Å². The van der Waals surface area contributed by atoms with Crippen molar-refractivity contribution in [3.63, 3.8) is 0 Å². The van der Waals surface area contributed by atoms with Gasteiger partial charge in [0.25, 0.3) is 0 Å². The van der Waals surface area contributed by atoms with Gasteiger partial charge in [-0.15, -0.1) is 0 Å². The third-order valence-electron chi connectivity index (χ3n) is 16.0. The Hall–Kier alpha value is -3.24. The first-order chi connectivity index (χ1) is 45.7. The zero-order valence-electron chi connectivity index (χ0n) is 59.6. The molecule has 0 amide bonds. The van der Waals surface area contributed by atoms with Crippen LogP contribution in [0.2, 0.25) is 0 Å². The van der Waals surface area contributed by atoms with Crippen LogP contribution in [-0.4, -0.2) is 96.7 Å².